The number of nitrogens with one attached hydrogen (secondary N) is 3. The molecule has 8 heteroatoms. The summed E-state index contributed by atoms with van der Waals surface area (Å²) in [7, 11) is 0. The second kappa shape index (κ2) is 11.9. The van der Waals surface area contributed by atoms with Crippen molar-refractivity contribution in [1.29, 1.82) is 0 Å². The number of benzene rings is 2. The predicted molar refractivity (Wildman–Crippen MR) is 134 cm³/mol. The molecule has 1 saturated carbocycles. The summed E-state index contributed by atoms with van der Waals surface area (Å²) in [6.07, 6.45) is 7.15. The highest BCUT2D eigenvalue weighted by atomic mass is 19.1. The number of carbonyl (C=O) groups is 3. The van der Waals surface area contributed by atoms with E-state index in [0.29, 0.717) is 16.9 Å². The predicted octanol–water partition coefficient (Wildman–Crippen LogP) is 4.18. The molecular weight excluding hydrogens is 447 g/mol. The zero-order chi connectivity index (χ0) is 24.6. The smallest absolute Gasteiger partial charge is 0.257 e. The summed E-state index contributed by atoms with van der Waals surface area (Å²) in [5.41, 5.74) is 1.22. The summed E-state index contributed by atoms with van der Waals surface area (Å²) in [6, 6.07) is 12.5. The van der Waals surface area contributed by atoms with Gasteiger partial charge < -0.3 is 16.0 Å². The molecule has 2 aliphatic rings. The van der Waals surface area contributed by atoms with E-state index < -0.39 is 0 Å². The molecule has 0 atom stereocenters. The highest BCUT2D eigenvalue weighted by molar-refractivity contribution is 6.10. The third kappa shape index (κ3) is 7.11. The van der Waals surface area contributed by atoms with E-state index in [-0.39, 0.29) is 42.0 Å². The summed E-state index contributed by atoms with van der Waals surface area (Å²) >= 11 is 0. The van der Waals surface area contributed by atoms with Gasteiger partial charge in [0.15, 0.2) is 0 Å². The van der Waals surface area contributed by atoms with E-state index in [0.717, 1.165) is 51.6 Å². The van der Waals surface area contributed by atoms with Gasteiger partial charge in [-0.05, 0) is 62.1 Å². The van der Waals surface area contributed by atoms with Gasteiger partial charge in [-0.1, -0.05) is 31.4 Å². The molecule has 0 bridgehead atoms. The fraction of sp³-hybridized carbons (Fsp3) is 0.444. The number of amides is 3. The van der Waals surface area contributed by atoms with Gasteiger partial charge in [0.05, 0.1) is 17.8 Å². The number of carbonyl (C=O) groups excluding carboxylic acids is 3. The summed E-state index contributed by atoms with van der Waals surface area (Å²) in [6.45, 7) is 1.68. The van der Waals surface area contributed by atoms with Gasteiger partial charge >= 0.3 is 0 Å². The molecule has 7 nitrogen and oxygen atoms in total. The highest BCUT2D eigenvalue weighted by Gasteiger charge is 2.26. The zero-order valence-electron chi connectivity index (χ0n) is 19.9. The van der Waals surface area contributed by atoms with Crippen LogP contribution < -0.4 is 16.0 Å². The normalized spacial score (nSPS) is 17.5. The second-order valence-electron chi connectivity index (χ2n) is 9.45. The van der Waals surface area contributed by atoms with Crippen LogP contribution in [-0.2, 0) is 9.59 Å². The van der Waals surface area contributed by atoms with Gasteiger partial charge in [-0.15, -0.1) is 0 Å². The van der Waals surface area contributed by atoms with Gasteiger partial charge in [0.2, 0.25) is 11.8 Å². The Labute approximate surface area is 205 Å². The number of anilines is 2. The van der Waals surface area contributed by atoms with Crippen molar-refractivity contribution in [3.8, 4) is 0 Å². The maximum Gasteiger partial charge on any atom is 0.257 e. The molecule has 2 aromatic rings. The van der Waals surface area contributed by atoms with Crippen molar-refractivity contribution in [2.24, 2.45) is 5.92 Å². The molecule has 1 saturated heterocycles. The maximum atomic E-state index is 13.1. The van der Waals surface area contributed by atoms with Gasteiger partial charge in [0, 0.05) is 30.7 Å². The van der Waals surface area contributed by atoms with Crippen molar-refractivity contribution in [1.82, 2.24) is 10.2 Å². The largest absolute Gasteiger partial charge is 0.353 e. The van der Waals surface area contributed by atoms with Crippen molar-refractivity contribution >= 4 is 29.1 Å². The minimum absolute atomic E-state index is 0.160. The molecular formula is C27H33FN4O3. The Morgan fingerprint density at radius 2 is 1.54 bits per heavy atom. The molecule has 1 aliphatic heterocycles. The van der Waals surface area contributed by atoms with Crippen LogP contribution >= 0.6 is 0 Å². The Balaban J connectivity index is 1.25. The average molecular weight is 481 g/mol. The SMILES string of the molecule is O=C(CN1CCC(NC(=O)C2CCCCC2)CC1)Nc1ccccc1C(=O)Nc1ccc(F)cc1. The summed E-state index contributed by atoms with van der Waals surface area (Å²) in [4.78, 5) is 40.0. The molecule has 2 fully saturated rings. The van der Waals surface area contributed by atoms with E-state index in [4.69, 9.17) is 0 Å². The lowest BCUT2D eigenvalue weighted by atomic mass is 9.88. The molecule has 0 aromatic heterocycles. The first-order valence-electron chi connectivity index (χ1n) is 12.5. The van der Waals surface area contributed by atoms with Crippen molar-refractivity contribution in [3.63, 3.8) is 0 Å². The second-order valence-corrected chi connectivity index (χ2v) is 9.45. The Kier molecular flexibility index (Phi) is 8.47. The lowest BCUT2D eigenvalue weighted by Crippen LogP contribution is -2.48. The zero-order valence-corrected chi connectivity index (χ0v) is 19.9. The molecule has 0 spiro atoms. The number of nitrogens with zero attached hydrogens (tertiary/aromatic N) is 1. The van der Waals surface area contributed by atoms with Crippen LogP contribution in [0, 0.1) is 11.7 Å². The molecule has 2 aromatic carbocycles. The third-order valence-electron chi connectivity index (χ3n) is 6.83. The van der Waals surface area contributed by atoms with Gasteiger partial charge in [-0.25, -0.2) is 4.39 Å². The van der Waals surface area contributed by atoms with Gasteiger partial charge in [0.25, 0.3) is 5.91 Å². The van der Waals surface area contributed by atoms with E-state index in [9.17, 15) is 18.8 Å². The molecule has 1 aliphatic carbocycles. The van der Waals surface area contributed by atoms with Crippen molar-refractivity contribution in [2.75, 3.05) is 30.3 Å². The van der Waals surface area contributed by atoms with Crippen LogP contribution in [0.5, 0.6) is 0 Å². The minimum Gasteiger partial charge on any atom is -0.353 e. The van der Waals surface area contributed by atoms with Crippen LogP contribution in [0.25, 0.3) is 0 Å². The number of piperidine rings is 1. The van der Waals surface area contributed by atoms with Crippen LogP contribution in [0.3, 0.4) is 0 Å². The van der Waals surface area contributed by atoms with Crippen molar-refractivity contribution in [2.45, 2.75) is 51.0 Å². The van der Waals surface area contributed by atoms with Gasteiger partial charge in [0.1, 0.15) is 5.82 Å². The monoisotopic (exact) mass is 480 g/mol. The van der Waals surface area contributed by atoms with E-state index in [1.807, 2.05) is 0 Å². The topological polar surface area (TPSA) is 90.5 Å². The first-order chi connectivity index (χ1) is 17.0. The molecule has 0 unspecified atom stereocenters. The summed E-state index contributed by atoms with van der Waals surface area (Å²) in [5, 5.41) is 8.79. The van der Waals surface area contributed by atoms with Crippen LogP contribution in [0.15, 0.2) is 48.5 Å². The van der Waals surface area contributed by atoms with Crippen LogP contribution in [-0.4, -0.2) is 48.3 Å². The lowest BCUT2D eigenvalue weighted by Gasteiger charge is -2.33. The Hall–Kier alpha value is -3.26. The highest BCUT2D eigenvalue weighted by Crippen LogP contribution is 2.24. The van der Waals surface area contributed by atoms with E-state index in [2.05, 4.69) is 20.9 Å². The van der Waals surface area contributed by atoms with Crippen LogP contribution in [0.2, 0.25) is 0 Å². The number of rotatable bonds is 7. The number of likely N-dealkylation sites (tertiary alicyclic amines) is 1. The quantitative estimate of drug-likeness (QED) is 0.555. The standard InChI is InChI=1S/C27H33FN4O3/c28-20-10-12-21(13-11-20)30-27(35)23-8-4-5-9-24(23)31-25(33)18-32-16-14-22(15-17-32)29-26(34)19-6-2-1-3-7-19/h4-5,8-13,19,22H,1-3,6-7,14-18H2,(H,29,34)(H,30,35)(H,31,33). The van der Waals surface area contributed by atoms with Gasteiger partial charge in [-0.2, -0.15) is 0 Å². The first kappa shape index (κ1) is 24.9. The summed E-state index contributed by atoms with van der Waals surface area (Å²) < 4.78 is 13.1. The Bertz CT molecular complexity index is 1030. The van der Waals surface area contributed by atoms with Crippen molar-refractivity contribution < 1.29 is 18.8 Å². The molecule has 186 valence electrons. The Morgan fingerprint density at radius 3 is 2.26 bits per heavy atom. The molecule has 35 heavy (non-hydrogen) atoms. The fourth-order valence-corrected chi connectivity index (χ4v) is 4.83. The summed E-state index contributed by atoms with van der Waals surface area (Å²) in [5.74, 6) is -0.616. The number of hydrogen-bond donors (Lipinski definition) is 3. The molecule has 1 heterocycles. The number of para-hydroxylation sites is 1. The third-order valence-corrected chi connectivity index (χ3v) is 6.83. The number of hydrogen-bond acceptors (Lipinski definition) is 4. The molecule has 3 N–H and O–H groups in total. The lowest BCUT2D eigenvalue weighted by molar-refractivity contribution is -0.127. The average Bonchev–Trinajstić information content (AvgIpc) is 2.87. The number of halogens is 1. The Morgan fingerprint density at radius 1 is 0.857 bits per heavy atom. The molecule has 4 rings (SSSR count). The van der Waals surface area contributed by atoms with Crippen LogP contribution in [0.1, 0.15) is 55.3 Å². The van der Waals surface area contributed by atoms with Crippen LogP contribution in [0.4, 0.5) is 15.8 Å². The van der Waals surface area contributed by atoms with E-state index in [1.54, 1.807) is 24.3 Å². The first-order valence-corrected chi connectivity index (χ1v) is 12.5. The fourth-order valence-electron chi connectivity index (χ4n) is 4.83. The van der Waals surface area contributed by atoms with Gasteiger partial charge in [-0.3, -0.25) is 19.3 Å². The molecule has 3 amide bonds. The van der Waals surface area contributed by atoms with E-state index in [1.165, 1.54) is 30.7 Å². The van der Waals surface area contributed by atoms with E-state index >= 15 is 0 Å². The minimum atomic E-state index is -0.387. The maximum absolute atomic E-state index is 13.1. The molecule has 0 radical (unpaired) electrons. The van der Waals surface area contributed by atoms with Crippen molar-refractivity contribution in [3.05, 3.63) is 59.9 Å².